The average molecular weight is 337 g/mol. The molecule has 1 heterocycles. The molecule has 0 saturated heterocycles. The lowest BCUT2D eigenvalue weighted by molar-refractivity contribution is 0.102. The molecule has 3 aromatic rings. The first-order chi connectivity index (χ1) is 12.1. The summed E-state index contributed by atoms with van der Waals surface area (Å²) in [6, 6.07) is 14.5. The second kappa shape index (κ2) is 7.09. The Hall–Kier alpha value is -3.28. The van der Waals surface area contributed by atoms with Gasteiger partial charge in [-0.25, -0.2) is 0 Å². The lowest BCUT2D eigenvalue weighted by atomic mass is 10.1. The predicted octanol–water partition coefficient (Wildman–Crippen LogP) is 3.65. The van der Waals surface area contributed by atoms with Crippen LogP contribution in [0.15, 0.2) is 48.5 Å². The Balaban J connectivity index is 1.86. The van der Waals surface area contributed by atoms with E-state index in [2.05, 4.69) is 15.5 Å². The quantitative estimate of drug-likeness (QED) is 0.745. The maximum atomic E-state index is 12.5. The van der Waals surface area contributed by atoms with Gasteiger partial charge >= 0.3 is 0 Å². The number of benzene rings is 2. The summed E-state index contributed by atoms with van der Waals surface area (Å²) in [5.74, 6) is 1.26. The number of hydrogen-bond donors (Lipinski definition) is 2. The number of carbonyl (C=O) groups is 1. The minimum Gasteiger partial charge on any atom is -0.497 e. The van der Waals surface area contributed by atoms with Gasteiger partial charge in [-0.3, -0.25) is 9.89 Å². The van der Waals surface area contributed by atoms with Gasteiger partial charge in [0.25, 0.3) is 5.91 Å². The van der Waals surface area contributed by atoms with Crippen LogP contribution in [-0.4, -0.2) is 30.3 Å². The summed E-state index contributed by atoms with van der Waals surface area (Å²) in [7, 11) is 3.21. The number of H-pyrrole nitrogens is 1. The molecule has 0 fully saturated rings. The molecule has 6 nitrogen and oxygen atoms in total. The zero-order valence-electron chi connectivity index (χ0n) is 14.3. The van der Waals surface area contributed by atoms with Crippen LogP contribution in [0.25, 0.3) is 11.3 Å². The Bertz CT molecular complexity index is 868. The van der Waals surface area contributed by atoms with Crippen LogP contribution in [0.2, 0.25) is 0 Å². The summed E-state index contributed by atoms with van der Waals surface area (Å²) in [5, 5.41) is 10.2. The number of hydrogen-bond acceptors (Lipinski definition) is 4. The highest BCUT2D eigenvalue weighted by molar-refractivity contribution is 6.06. The van der Waals surface area contributed by atoms with E-state index in [0.717, 1.165) is 17.0 Å². The molecule has 0 saturated carbocycles. The van der Waals surface area contributed by atoms with Crippen molar-refractivity contribution in [2.24, 2.45) is 0 Å². The summed E-state index contributed by atoms with van der Waals surface area (Å²) in [6.07, 6.45) is 0. The Morgan fingerprint density at radius 1 is 0.960 bits per heavy atom. The standard InChI is InChI=1S/C19H19N3O3/c1-12-17(20-19(23)14-6-10-16(25-3)11-7-14)18(22-21-12)13-4-8-15(24-2)9-5-13/h4-11H,1-3H3,(H,20,23)(H,21,22). The smallest absolute Gasteiger partial charge is 0.255 e. The van der Waals surface area contributed by atoms with Gasteiger partial charge in [-0.05, 0) is 55.5 Å². The van der Waals surface area contributed by atoms with E-state index in [-0.39, 0.29) is 5.91 Å². The number of aryl methyl sites for hydroxylation is 1. The van der Waals surface area contributed by atoms with Gasteiger partial charge in [-0.15, -0.1) is 0 Å². The summed E-state index contributed by atoms with van der Waals surface area (Å²) in [5.41, 5.74) is 3.55. The van der Waals surface area contributed by atoms with E-state index < -0.39 is 0 Å². The Labute approximate surface area is 145 Å². The zero-order chi connectivity index (χ0) is 17.8. The molecule has 0 aliphatic carbocycles. The van der Waals surface area contributed by atoms with Crippen LogP contribution in [0.3, 0.4) is 0 Å². The Morgan fingerprint density at radius 3 is 2.08 bits per heavy atom. The normalized spacial score (nSPS) is 10.4. The van der Waals surface area contributed by atoms with Gasteiger partial charge in [0.05, 0.1) is 25.6 Å². The molecule has 0 spiro atoms. The molecule has 128 valence electrons. The highest BCUT2D eigenvalue weighted by Crippen LogP contribution is 2.30. The number of rotatable bonds is 5. The number of nitrogens with one attached hydrogen (secondary N) is 2. The van der Waals surface area contributed by atoms with Crippen LogP contribution in [0.4, 0.5) is 5.69 Å². The molecule has 2 N–H and O–H groups in total. The molecule has 2 aromatic carbocycles. The lowest BCUT2D eigenvalue weighted by Gasteiger charge is -2.08. The Kier molecular flexibility index (Phi) is 4.70. The van der Waals surface area contributed by atoms with Crippen molar-refractivity contribution in [1.82, 2.24) is 10.2 Å². The molecular formula is C19H19N3O3. The fourth-order valence-corrected chi connectivity index (χ4v) is 2.47. The molecule has 1 amide bonds. The van der Waals surface area contributed by atoms with Crippen molar-refractivity contribution in [2.75, 3.05) is 19.5 Å². The number of amides is 1. The second-order valence-electron chi connectivity index (χ2n) is 5.48. The summed E-state index contributed by atoms with van der Waals surface area (Å²) >= 11 is 0. The molecule has 6 heteroatoms. The molecule has 0 unspecified atom stereocenters. The van der Waals surface area contributed by atoms with Gasteiger partial charge in [0.2, 0.25) is 0 Å². The molecular weight excluding hydrogens is 318 g/mol. The van der Waals surface area contributed by atoms with Crippen LogP contribution in [0, 0.1) is 6.92 Å². The van der Waals surface area contributed by atoms with Crippen molar-refractivity contribution >= 4 is 11.6 Å². The van der Waals surface area contributed by atoms with Crippen LogP contribution in [-0.2, 0) is 0 Å². The highest BCUT2D eigenvalue weighted by atomic mass is 16.5. The van der Waals surface area contributed by atoms with E-state index in [4.69, 9.17) is 9.47 Å². The Morgan fingerprint density at radius 2 is 1.52 bits per heavy atom. The number of aromatic nitrogens is 2. The van der Waals surface area contributed by atoms with E-state index in [1.54, 1.807) is 38.5 Å². The van der Waals surface area contributed by atoms with Crippen molar-refractivity contribution in [3.05, 3.63) is 59.8 Å². The molecule has 0 aliphatic heterocycles. The van der Waals surface area contributed by atoms with Gasteiger partial charge in [-0.1, -0.05) is 0 Å². The van der Waals surface area contributed by atoms with Gasteiger partial charge in [0.1, 0.15) is 17.2 Å². The minimum atomic E-state index is -0.207. The van der Waals surface area contributed by atoms with E-state index in [1.807, 2.05) is 31.2 Å². The largest absolute Gasteiger partial charge is 0.497 e. The molecule has 0 radical (unpaired) electrons. The molecule has 0 aliphatic rings. The monoisotopic (exact) mass is 337 g/mol. The average Bonchev–Trinajstić information content (AvgIpc) is 3.02. The van der Waals surface area contributed by atoms with E-state index in [1.165, 1.54) is 0 Å². The molecule has 1 aromatic heterocycles. The highest BCUT2D eigenvalue weighted by Gasteiger charge is 2.16. The third-order valence-corrected chi connectivity index (χ3v) is 3.90. The third kappa shape index (κ3) is 3.47. The van der Waals surface area contributed by atoms with Crippen molar-refractivity contribution in [2.45, 2.75) is 6.92 Å². The van der Waals surface area contributed by atoms with Gasteiger partial charge in [0.15, 0.2) is 0 Å². The summed E-state index contributed by atoms with van der Waals surface area (Å²) < 4.78 is 10.3. The number of anilines is 1. The third-order valence-electron chi connectivity index (χ3n) is 3.90. The molecule has 0 atom stereocenters. The maximum Gasteiger partial charge on any atom is 0.255 e. The van der Waals surface area contributed by atoms with E-state index in [9.17, 15) is 4.79 Å². The number of nitrogens with zero attached hydrogens (tertiary/aromatic N) is 1. The van der Waals surface area contributed by atoms with Crippen LogP contribution in [0.1, 0.15) is 16.1 Å². The van der Waals surface area contributed by atoms with Crippen LogP contribution < -0.4 is 14.8 Å². The zero-order valence-corrected chi connectivity index (χ0v) is 14.3. The summed E-state index contributed by atoms with van der Waals surface area (Å²) in [4.78, 5) is 12.5. The van der Waals surface area contributed by atoms with E-state index in [0.29, 0.717) is 22.7 Å². The molecule has 25 heavy (non-hydrogen) atoms. The van der Waals surface area contributed by atoms with Crippen molar-refractivity contribution in [3.8, 4) is 22.8 Å². The van der Waals surface area contributed by atoms with Crippen LogP contribution in [0.5, 0.6) is 11.5 Å². The summed E-state index contributed by atoms with van der Waals surface area (Å²) in [6.45, 7) is 1.86. The number of aromatic amines is 1. The van der Waals surface area contributed by atoms with Gasteiger partial charge in [-0.2, -0.15) is 5.10 Å². The fourth-order valence-electron chi connectivity index (χ4n) is 2.47. The molecule has 3 rings (SSSR count). The minimum absolute atomic E-state index is 0.207. The first-order valence-electron chi connectivity index (χ1n) is 7.77. The van der Waals surface area contributed by atoms with Crippen molar-refractivity contribution in [1.29, 1.82) is 0 Å². The topological polar surface area (TPSA) is 76.2 Å². The lowest BCUT2D eigenvalue weighted by Crippen LogP contribution is -2.12. The van der Waals surface area contributed by atoms with Gasteiger partial charge in [0, 0.05) is 11.1 Å². The predicted molar refractivity (Wildman–Crippen MR) is 96.3 cm³/mol. The van der Waals surface area contributed by atoms with Crippen molar-refractivity contribution < 1.29 is 14.3 Å². The first-order valence-corrected chi connectivity index (χ1v) is 7.77. The SMILES string of the molecule is COc1ccc(C(=O)Nc2c(-c3ccc(OC)cc3)n[nH]c2C)cc1. The maximum absolute atomic E-state index is 12.5. The number of methoxy groups -OCH3 is 2. The number of carbonyl (C=O) groups excluding carboxylic acids is 1. The van der Waals surface area contributed by atoms with Crippen molar-refractivity contribution in [3.63, 3.8) is 0 Å². The van der Waals surface area contributed by atoms with E-state index >= 15 is 0 Å². The first kappa shape index (κ1) is 16.6. The fraction of sp³-hybridized carbons (Fsp3) is 0.158. The van der Waals surface area contributed by atoms with Crippen LogP contribution >= 0.6 is 0 Å². The number of ether oxygens (including phenoxy) is 2. The van der Waals surface area contributed by atoms with Gasteiger partial charge < -0.3 is 14.8 Å². The molecule has 0 bridgehead atoms. The second-order valence-corrected chi connectivity index (χ2v) is 5.48.